The molecular formula is C18H18N6O2. The van der Waals surface area contributed by atoms with Gasteiger partial charge in [-0.3, -0.25) is 9.69 Å². The number of aromatic nitrogens is 4. The summed E-state index contributed by atoms with van der Waals surface area (Å²) >= 11 is 0. The van der Waals surface area contributed by atoms with Gasteiger partial charge in [0.1, 0.15) is 0 Å². The predicted octanol–water partition coefficient (Wildman–Crippen LogP) is 1.72. The average molecular weight is 350 g/mol. The summed E-state index contributed by atoms with van der Waals surface area (Å²) in [5.41, 5.74) is 2.88. The highest BCUT2D eigenvalue weighted by Crippen LogP contribution is 2.27. The van der Waals surface area contributed by atoms with E-state index in [9.17, 15) is 9.90 Å². The number of nitrogens with zero attached hydrogens (tertiary/aromatic N) is 3. The molecule has 1 unspecified atom stereocenters. The van der Waals surface area contributed by atoms with E-state index >= 15 is 0 Å². The van der Waals surface area contributed by atoms with Crippen LogP contribution in [0.15, 0.2) is 47.3 Å². The Balaban J connectivity index is 1.79. The monoisotopic (exact) mass is 350 g/mol. The predicted molar refractivity (Wildman–Crippen MR) is 101 cm³/mol. The number of hydrogen-bond donors (Lipinski definition) is 4. The van der Waals surface area contributed by atoms with Crippen LogP contribution in [0.4, 0.5) is 5.95 Å². The van der Waals surface area contributed by atoms with E-state index in [0.29, 0.717) is 17.0 Å². The van der Waals surface area contributed by atoms with Crippen molar-refractivity contribution in [2.75, 3.05) is 19.4 Å². The minimum atomic E-state index is -0.847. The SMILES string of the molecule is CN(C)C(O)Nc1nc2cc(-c3n[nH]c(=O)c4ccccc34)ccc2[nH]1. The van der Waals surface area contributed by atoms with Crippen molar-refractivity contribution in [3.63, 3.8) is 0 Å². The van der Waals surface area contributed by atoms with Crippen LogP contribution in [0.5, 0.6) is 0 Å². The first-order chi connectivity index (χ1) is 12.5. The van der Waals surface area contributed by atoms with E-state index in [4.69, 9.17) is 0 Å². The number of aliphatic hydroxyl groups excluding tert-OH is 1. The Hall–Kier alpha value is -3.23. The molecule has 4 N–H and O–H groups in total. The topological polar surface area (TPSA) is 110 Å². The molecule has 132 valence electrons. The molecule has 2 aromatic carbocycles. The Kier molecular flexibility index (Phi) is 3.90. The van der Waals surface area contributed by atoms with Gasteiger partial charge in [0, 0.05) is 10.9 Å². The van der Waals surface area contributed by atoms with E-state index in [-0.39, 0.29) is 5.56 Å². The van der Waals surface area contributed by atoms with Crippen LogP contribution < -0.4 is 10.9 Å². The smallest absolute Gasteiger partial charge is 0.272 e. The van der Waals surface area contributed by atoms with Crippen LogP contribution in [-0.4, -0.2) is 50.6 Å². The van der Waals surface area contributed by atoms with Gasteiger partial charge in [-0.1, -0.05) is 24.3 Å². The normalized spacial score (nSPS) is 12.8. The minimum absolute atomic E-state index is 0.214. The molecule has 0 aliphatic carbocycles. The second-order valence-corrected chi connectivity index (χ2v) is 6.25. The molecule has 0 spiro atoms. The third-order valence-electron chi connectivity index (χ3n) is 4.21. The molecule has 4 aromatic rings. The highest BCUT2D eigenvalue weighted by Gasteiger charge is 2.12. The number of H-pyrrole nitrogens is 2. The summed E-state index contributed by atoms with van der Waals surface area (Å²) in [7, 11) is 3.51. The van der Waals surface area contributed by atoms with E-state index in [1.807, 2.05) is 36.4 Å². The van der Waals surface area contributed by atoms with Crippen LogP contribution in [0, 0.1) is 0 Å². The number of hydrogen-bond acceptors (Lipinski definition) is 6. The van der Waals surface area contributed by atoms with E-state index in [0.717, 1.165) is 22.0 Å². The lowest BCUT2D eigenvalue weighted by Gasteiger charge is -2.18. The number of rotatable bonds is 4. The van der Waals surface area contributed by atoms with Gasteiger partial charge >= 0.3 is 0 Å². The van der Waals surface area contributed by atoms with Gasteiger partial charge in [-0.25, -0.2) is 10.1 Å². The number of aromatic amines is 2. The van der Waals surface area contributed by atoms with Crippen molar-refractivity contribution in [2.45, 2.75) is 6.35 Å². The molecule has 1 atom stereocenters. The first-order valence-electron chi connectivity index (χ1n) is 8.11. The second kappa shape index (κ2) is 6.25. The first-order valence-corrected chi connectivity index (χ1v) is 8.11. The quantitative estimate of drug-likeness (QED) is 0.417. The van der Waals surface area contributed by atoms with Crippen molar-refractivity contribution in [3.8, 4) is 11.3 Å². The third kappa shape index (κ3) is 2.81. The van der Waals surface area contributed by atoms with Crippen molar-refractivity contribution < 1.29 is 5.11 Å². The van der Waals surface area contributed by atoms with Crippen molar-refractivity contribution in [3.05, 3.63) is 52.8 Å². The number of aliphatic hydroxyl groups is 1. The largest absolute Gasteiger partial charge is 0.361 e. The van der Waals surface area contributed by atoms with Crippen LogP contribution in [0.25, 0.3) is 33.1 Å². The number of fused-ring (bicyclic) bond motifs is 2. The van der Waals surface area contributed by atoms with Crippen LogP contribution in [0.1, 0.15) is 0 Å². The summed E-state index contributed by atoms with van der Waals surface area (Å²) in [5, 5.41) is 20.9. The van der Waals surface area contributed by atoms with Crippen molar-refractivity contribution in [1.82, 2.24) is 25.1 Å². The van der Waals surface area contributed by atoms with Gasteiger partial charge in [-0.2, -0.15) is 5.10 Å². The Labute approximate surface area is 148 Å². The fourth-order valence-electron chi connectivity index (χ4n) is 2.81. The Morgan fingerprint density at radius 1 is 1.15 bits per heavy atom. The summed E-state index contributed by atoms with van der Waals surface area (Å²) < 4.78 is 0. The highest BCUT2D eigenvalue weighted by molar-refractivity contribution is 5.95. The zero-order valence-electron chi connectivity index (χ0n) is 14.3. The van der Waals surface area contributed by atoms with Gasteiger partial charge in [0.2, 0.25) is 5.95 Å². The molecule has 26 heavy (non-hydrogen) atoms. The summed E-state index contributed by atoms with van der Waals surface area (Å²) in [4.78, 5) is 21.2. The molecule has 0 aliphatic rings. The summed E-state index contributed by atoms with van der Waals surface area (Å²) in [5.74, 6) is 0.470. The number of nitrogens with one attached hydrogen (secondary N) is 3. The van der Waals surface area contributed by atoms with E-state index in [1.54, 1.807) is 25.1 Å². The summed E-state index contributed by atoms with van der Waals surface area (Å²) in [6.07, 6.45) is -0.847. The molecule has 0 fully saturated rings. The molecule has 0 aliphatic heterocycles. The lowest BCUT2D eigenvalue weighted by molar-refractivity contribution is 0.0653. The molecule has 0 radical (unpaired) electrons. The fourth-order valence-corrected chi connectivity index (χ4v) is 2.81. The van der Waals surface area contributed by atoms with Gasteiger partial charge in [0.15, 0.2) is 6.35 Å². The maximum Gasteiger partial charge on any atom is 0.272 e. The van der Waals surface area contributed by atoms with E-state index in [1.165, 1.54) is 0 Å². The molecule has 2 heterocycles. The molecule has 8 heteroatoms. The number of imidazole rings is 1. The van der Waals surface area contributed by atoms with Crippen molar-refractivity contribution >= 4 is 27.8 Å². The maximum atomic E-state index is 12.0. The average Bonchev–Trinajstić information content (AvgIpc) is 3.03. The molecule has 0 bridgehead atoms. The zero-order chi connectivity index (χ0) is 18.3. The lowest BCUT2D eigenvalue weighted by Crippen LogP contribution is -2.35. The van der Waals surface area contributed by atoms with Crippen LogP contribution in [0.3, 0.4) is 0 Å². The van der Waals surface area contributed by atoms with Gasteiger partial charge < -0.3 is 15.4 Å². The highest BCUT2D eigenvalue weighted by atomic mass is 16.3. The standard InChI is InChI=1S/C18H18N6O2/c1-24(2)18(26)21-17-19-13-8-7-10(9-14(13)20-17)15-11-5-3-4-6-12(11)16(25)23-22-15/h3-9,18,26H,1-2H3,(H,23,25)(H2,19,20,21). The van der Waals surface area contributed by atoms with Crippen molar-refractivity contribution in [2.24, 2.45) is 0 Å². The molecule has 0 amide bonds. The molecule has 0 saturated heterocycles. The van der Waals surface area contributed by atoms with Gasteiger partial charge in [-0.15, -0.1) is 0 Å². The Morgan fingerprint density at radius 2 is 1.92 bits per heavy atom. The summed E-state index contributed by atoms with van der Waals surface area (Å²) in [6.45, 7) is 0. The molecular weight excluding hydrogens is 332 g/mol. The fraction of sp³-hybridized carbons (Fsp3) is 0.167. The van der Waals surface area contributed by atoms with Gasteiger partial charge in [-0.05, 0) is 32.3 Å². The minimum Gasteiger partial charge on any atom is -0.361 e. The third-order valence-corrected chi connectivity index (χ3v) is 4.21. The summed E-state index contributed by atoms with van der Waals surface area (Å²) in [6, 6.07) is 13.1. The number of anilines is 1. The number of benzene rings is 2. The first kappa shape index (κ1) is 16.2. The maximum absolute atomic E-state index is 12.0. The Morgan fingerprint density at radius 3 is 2.69 bits per heavy atom. The van der Waals surface area contributed by atoms with E-state index < -0.39 is 6.35 Å². The van der Waals surface area contributed by atoms with Crippen LogP contribution in [0.2, 0.25) is 0 Å². The zero-order valence-corrected chi connectivity index (χ0v) is 14.3. The molecule has 2 aromatic heterocycles. The lowest BCUT2D eigenvalue weighted by atomic mass is 10.0. The molecule has 8 nitrogen and oxygen atoms in total. The van der Waals surface area contributed by atoms with Crippen molar-refractivity contribution in [1.29, 1.82) is 0 Å². The van der Waals surface area contributed by atoms with E-state index in [2.05, 4.69) is 25.5 Å². The van der Waals surface area contributed by atoms with Gasteiger partial charge in [0.25, 0.3) is 5.56 Å². The van der Waals surface area contributed by atoms with Crippen LogP contribution >= 0.6 is 0 Å². The molecule has 0 saturated carbocycles. The van der Waals surface area contributed by atoms with Crippen LogP contribution in [-0.2, 0) is 0 Å². The van der Waals surface area contributed by atoms with Gasteiger partial charge in [0.05, 0.1) is 22.1 Å². The Bertz CT molecular complexity index is 1150. The molecule has 4 rings (SSSR count). The second-order valence-electron chi connectivity index (χ2n) is 6.25.